The number of anilines is 1. The molecule has 4 aromatic heterocycles. The number of fused-ring (bicyclic) bond motifs is 2. The maximum atomic E-state index is 5.69. The summed E-state index contributed by atoms with van der Waals surface area (Å²) in [5, 5.41) is 6.81. The lowest BCUT2D eigenvalue weighted by molar-refractivity contribution is 0.123. The molecular weight excluding hydrogens is 589 g/mol. The van der Waals surface area contributed by atoms with Crippen molar-refractivity contribution in [2.45, 2.75) is 4.90 Å². The highest BCUT2D eigenvalue weighted by atomic mass is 32.2. The zero-order chi connectivity index (χ0) is 31.1. The van der Waals surface area contributed by atoms with E-state index in [4.69, 9.17) is 14.9 Å². The number of ether oxygens (including phenoxy) is 1. The maximum Gasteiger partial charge on any atom is 0.113 e. The first kappa shape index (κ1) is 29.6. The van der Waals surface area contributed by atoms with E-state index in [0.717, 1.165) is 92.3 Å². The molecule has 3 aromatic carbocycles. The van der Waals surface area contributed by atoms with Crippen molar-refractivity contribution in [3.8, 4) is 33.5 Å². The monoisotopic (exact) mass is 620 g/mol. The van der Waals surface area contributed by atoms with Gasteiger partial charge in [0.15, 0.2) is 0 Å². The minimum Gasteiger partial charge on any atom is -0.378 e. The van der Waals surface area contributed by atoms with E-state index < -0.39 is 0 Å². The van der Waals surface area contributed by atoms with E-state index in [9.17, 15) is 0 Å². The Morgan fingerprint density at radius 3 is 2.24 bits per heavy atom. The highest BCUT2D eigenvalue weighted by molar-refractivity contribution is 7.97. The first-order valence-electron chi connectivity index (χ1n) is 15.2. The molecule has 8 rings (SSSR count). The van der Waals surface area contributed by atoms with Gasteiger partial charge >= 0.3 is 0 Å². The fraction of sp³-hybridized carbons (Fsp3) is 0.105. The summed E-state index contributed by atoms with van der Waals surface area (Å²) in [6.07, 6.45) is 7.37. The van der Waals surface area contributed by atoms with Crippen molar-refractivity contribution < 1.29 is 4.74 Å². The smallest absolute Gasteiger partial charge is 0.113 e. The number of benzene rings is 3. The Balaban J connectivity index is 0.000000147. The predicted molar refractivity (Wildman–Crippen MR) is 188 cm³/mol. The summed E-state index contributed by atoms with van der Waals surface area (Å²) in [6.45, 7) is 3.33. The lowest BCUT2D eigenvalue weighted by Gasteiger charge is -2.29. The molecule has 0 saturated carbocycles. The van der Waals surface area contributed by atoms with Gasteiger partial charge in [0.1, 0.15) is 5.52 Å². The van der Waals surface area contributed by atoms with Crippen LogP contribution in [0.4, 0.5) is 5.69 Å². The Hall–Kier alpha value is -5.15. The highest BCUT2D eigenvalue weighted by Gasteiger charge is 2.16. The quantitative estimate of drug-likeness (QED) is 0.193. The second-order valence-corrected chi connectivity index (χ2v) is 11.5. The van der Waals surface area contributed by atoms with Gasteiger partial charge in [-0.2, -0.15) is 0 Å². The van der Waals surface area contributed by atoms with Gasteiger partial charge in [-0.1, -0.05) is 54.6 Å². The van der Waals surface area contributed by atoms with E-state index in [1.165, 1.54) is 11.9 Å². The summed E-state index contributed by atoms with van der Waals surface area (Å²) in [7, 11) is 0. The van der Waals surface area contributed by atoms with Crippen molar-refractivity contribution >= 4 is 39.6 Å². The van der Waals surface area contributed by atoms with Crippen LogP contribution in [0.15, 0.2) is 139 Å². The van der Waals surface area contributed by atoms with Crippen LogP contribution in [-0.4, -0.2) is 46.2 Å². The molecule has 0 spiro atoms. The van der Waals surface area contributed by atoms with Gasteiger partial charge in [0.05, 0.1) is 35.6 Å². The average molecular weight is 621 g/mol. The number of aromatic nitrogens is 4. The zero-order valence-electron chi connectivity index (χ0n) is 25.2. The number of hydrogen-bond donors (Lipinski definition) is 1. The second kappa shape index (κ2) is 13.9. The minimum atomic E-state index is 0.766. The maximum absolute atomic E-state index is 5.69. The Morgan fingerprint density at radius 1 is 0.652 bits per heavy atom. The minimum absolute atomic E-state index is 0.766. The van der Waals surface area contributed by atoms with Crippen LogP contribution in [0, 0.1) is 0 Å². The first-order chi connectivity index (χ1) is 22.8. The van der Waals surface area contributed by atoms with Gasteiger partial charge in [-0.3, -0.25) is 20.1 Å². The van der Waals surface area contributed by atoms with Crippen LogP contribution in [0.1, 0.15) is 0 Å². The van der Waals surface area contributed by atoms with E-state index in [2.05, 4.69) is 80.5 Å². The van der Waals surface area contributed by atoms with Gasteiger partial charge in [0.25, 0.3) is 0 Å². The largest absolute Gasteiger partial charge is 0.378 e. The molecule has 8 heteroatoms. The van der Waals surface area contributed by atoms with Crippen molar-refractivity contribution in [2.75, 3.05) is 31.2 Å². The molecule has 1 aliphatic heterocycles. The van der Waals surface area contributed by atoms with Crippen LogP contribution in [0.25, 0.3) is 55.4 Å². The molecule has 226 valence electrons. The van der Waals surface area contributed by atoms with Gasteiger partial charge in [-0.05, 0) is 83.2 Å². The molecule has 2 N–H and O–H groups in total. The van der Waals surface area contributed by atoms with Crippen molar-refractivity contribution in [1.29, 1.82) is 0 Å². The Labute approximate surface area is 272 Å². The van der Waals surface area contributed by atoms with Gasteiger partial charge in [-0.25, -0.2) is 4.98 Å². The fourth-order valence-electron chi connectivity index (χ4n) is 5.69. The summed E-state index contributed by atoms with van der Waals surface area (Å²) < 4.78 is 5.45. The molecule has 0 atom stereocenters. The number of nitrogens with zero attached hydrogens (tertiary/aromatic N) is 5. The lowest BCUT2D eigenvalue weighted by atomic mass is 9.98. The summed E-state index contributed by atoms with van der Waals surface area (Å²) >= 11 is 1.26. The molecule has 7 aromatic rings. The second-order valence-electron chi connectivity index (χ2n) is 10.8. The molecule has 0 aliphatic carbocycles. The third-order valence-electron chi connectivity index (χ3n) is 8.00. The van der Waals surface area contributed by atoms with Gasteiger partial charge < -0.3 is 9.64 Å². The molecule has 7 nitrogen and oxygen atoms in total. The molecule has 0 amide bonds. The summed E-state index contributed by atoms with van der Waals surface area (Å²) in [5.74, 6) is 0. The third-order valence-corrected chi connectivity index (χ3v) is 8.53. The normalized spacial score (nSPS) is 12.9. The van der Waals surface area contributed by atoms with Crippen LogP contribution >= 0.6 is 11.9 Å². The average Bonchev–Trinajstić information content (AvgIpc) is 3.15. The molecule has 0 radical (unpaired) electrons. The van der Waals surface area contributed by atoms with Crippen LogP contribution in [0.5, 0.6) is 0 Å². The highest BCUT2D eigenvalue weighted by Crippen LogP contribution is 2.32. The molecule has 0 unspecified atom stereocenters. The van der Waals surface area contributed by atoms with Crippen molar-refractivity contribution in [3.05, 3.63) is 134 Å². The number of pyridine rings is 4. The van der Waals surface area contributed by atoms with E-state index in [0.29, 0.717) is 0 Å². The molecule has 1 aliphatic rings. The number of nitrogens with two attached hydrogens (primary N) is 1. The third kappa shape index (κ3) is 6.46. The van der Waals surface area contributed by atoms with Gasteiger partial charge in [0.2, 0.25) is 0 Å². The molecule has 5 heterocycles. The topological polar surface area (TPSA) is 90.0 Å². The van der Waals surface area contributed by atoms with Crippen molar-refractivity contribution in [2.24, 2.45) is 5.14 Å². The van der Waals surface area contributed by atoms with Gasteiger partial charge in [0, 0.05) is 59.3 Å². The summed E-state index contributed by atoms with van der Waals surface area (Å²) in [5.41, 5.74) is 10.7. The van der Waals surface area contributed by atoms with Crippen LogP contribution in [-0.2, 0) is 4.74 Å². The SMILES string of the molecule is NSc1cccc(-c2ccc3nccc(-c4cccnc4)c3c2)c1.c1ccc(-c2ccc3nccc(N4CCOCC4)c3n2)cc1. The molecule has 46 heavy (non-hydrogen) atoms. The van der Waals surface area contributed by atoms with E-state index in [1.807, 2.05) is 67.1 Å². The van der Waals surface area contributed by atoms with Crippen molar-refractivity contribution in [3.63, 3.8) is 0 Å². The Bertz CT molecular complexity index is 2090. The molecular formula is C38H32N6OS. The first-order valence-corrected chi connectivity index (χ1v) is 16.0. The Morgan fingerprint density at radius 2 is 1.41 bits per heavy atom. The van der Waals surface area contributed by atoms with E-state index in [-0.39, 0.29) is 0 Å². The van der Waals surface area contributed by atoms with Crippen molar-refractivity contribution in [1.82, 2.24) is 19.9 Å². The number of rotatable bonds is 5. The molecule has 0 bridgehead atoms. The molecule has 1 saturated heterocycles. The van der Waals surface area contributed by atoms with E-state index in [1.54, 1.807) is 6.20 Å². The number of morpholine rings is 1. The van der Waals surface area contributed by atoms with Crippen LogP contribution in [0.3, 0.4) is 0 Å². The van der Waals surface area contributed by atoms with E-state index >= 15 is 0 Å². The summed E-state index contributed by atoms with van der Waals surface area (Å²) in [4.78, 5) is 21.4. The predicted octanol–water partition coefficient (Wildman–Crippen LogP) is 8.06. The van der Waals surface area contributed by atoms with Crippen LogP contribution < -0.4 is 10.0 Å². The van der Waals surface area contributed by atoms with Crippen LogP contribution in [0.2, 0.25) is 0 Å². The van der Waals surface area contributed by atoms with Gasteiger partial charge in [-0.15, -0.1) is 0 Å². The Kier molecular flexibility index (Phi) is 8.91. The lowest BCUT2D eigenvalue weighted by Crippen LogP contribution is -2.36. The summed E-state index contributed by atoms with van der Waals surface area (Å²) in [6, 6.07) is 37.0. The standard InChI is InChI=1S/C20H15N3S.C18H17N3O/c21-24-17-5-1-3-14(11-17)15-6-7-20-19(12-15)18(8-10-23-20)16-4-2-9-22-13-16;1-2-4-14(5-3-1)15-6-7-16-18(20-15)17(8-9-19-16)21-10-12-22-13-11-21/h1-13H,21H2;1-9H,10-13H2. The number of hydrogen-bond acceptors (Lipinski definition) is 8. The zero-order valence-corrected chi connectivity index (χ0v) is 26.0. The molecule has 1 fully saturated rings. The fourth-order valence-corrected chi connectivity index (χ4v) is 6.04.